The summed E-state index contributed by atoms with van der Waals surface area (Å²) in [5, 5.41) is 5.59. The van der Waals surface area contributed by atoms with Gasteiger partial charge in [0.05, 0.1) is 11.6 Å². The van der Waals surface area contributed by atoms with Crippen LogP contribution in [-0.2, 0) is 4.79 Å². The molecule has 1 aliphatic heterocycles. The van der Waals surface area contributed by atoms with Crippen molar-refractivity contribution in [3.63, 3.8) is 0 Å². The molecule has 0 aliphatic carbocycles. The van der Waals surface area contributed by atoms with Gasteiger partial charge in [0, 0.05) is 0 Å². The second kappa shape index (κ2) is 6.73. The second-order valence-corrected chi connectivity index (χ2v) is 5.36. The molecular formula is C14H13BrN2O3S. The summed E-state index contributed by atoms with van der Waals surface area (Å²) in [6.45, 7) is 3.98. The van der Waals surface area contributed by atoms with Crippen LogP contribution in [0, 0.1) is 0 Å². The van der Waals surface area contributed by atoms with Crippen LogP contribution in [0.4, 0.5) is 0 Å². The predicted octanol–water partition coefficient (Wildman–Crippen LogP) is 2.37. The van der Waals surface area contributed by atoms with E-state index < -0.39 is 0 Å². The summed E-state index contributed by atoms with van der Waals surface area (Å²) in [5.41, 5.74) is 1.15. The highest BCUT2D eigenvalue weighted by Gasteiger charge is 2.20. The van der Waals surface area contributed by atoms with Gasteiger partial charge in [-0.25, -0.2) is 0 Å². The highest BCUT2D eigenvalue weighted by molar-refractivity contribution is 9.10. The van der Waals surface area contributed by atoms with Gasteiger partial charge in [-0.05, 0) is 51.9 Å². The smallest absolute Gasteiger partial charge is 0.273 e. The van der Waals surface area contributed by atoms with Crippen molar-refractivity contribution in [2.45, 2.75) is 0 Å². The fraction of sp³-hybridized carbons (Fsp3) is 0.143. The normalized spacial score (nSPS) is 15.6. The molecule has 0 bridgehead atoms. The van der Waals surface area contributed by atoms with Gasteiger partial charge < -0.3 is 14.8 Å². The van der Waals surface area contributed by atoms with Crippen molar-refractivity contribution in [3.05, 3.63) is 40.5 Å². The lowest BCUT2D eigenvalue weighted by Crippen LogP contribution is -2.21. The van der Waals surface area contributed by atoms with E-state index in [1.807, 2.05) is 6.07 Å². The van der Waals surface area contributed by atoms with E-state index >= 15 is 0 Å². The molecule has 0 unspecified atom stereocenters. The quantitative estimate of drug-likeness (QED) is 0.474. The van der Waals surface area contributed by atoms with E-state index in [0.29, 0.717) is 28.9 Å². The Hall–Kier alpha value is -1.86. The molecular weight excluding hydrogens is 356 g/mol. The average molecular weight is 369 g/mol. The zero-order valence-electron chi connectivity index (χ0n) is 11.2. The fourth-order valence-electron chi connectivity index (χ4n) is 1.75. The second-order valence-electron chi connectivity index (χ2n) is 4.10. The zero-order valence-corrected chi connectivity index (χ0v) is 13.6. The summed E-state index contributed by atoms with van der Waals surface area (Å²) in [4.78, 5) is 11.6. The van der Waals surface area contributed by atoms with E-state index in [4.69, 9.17) is 21.7 Å². The number of rotatable bonds is 5. The third-order valence-corrected chi connectivity index (χ3v) is 3.42. The monoisotopic (exact) mass is 368 g/mol. The Labute approximate surface area is 136 Å². The first kappa shape index (κ1) is 15.5. The number of carbonyl (C=O) groups excluding carboxylic acids is 1. The van der Waals surface area contributed by atoms with E-state index in [1.165, 1.54) is 0 Å². The number of nitrogens with one attached hydrogen (secondary N) is 2. The maximum atomic E-state index is 11.6. The van der Waals surface area contributed by atoms with E-state index in [0.717, 1.165) is 10.0 Å². The number of amides is 1. The van der Waals surface area contributed by atoms with Crippen LogP contribution in [0.25, 0.3) is 6.08 Å². The minimum atomic E-state index is -0.262. The lowest BCUT2D eigenvalue weighted by molar-refractivity contribution is -0.115. The molecule has 110 valence electrons. The van der Waals surface area contributed by atoms with Gasteiger partial charge in [-0.15, -0.1) is 0 Å². The van der Waals surface area contributed by atoms with Crippen molar-refractivity contribution in [3.8, 4) is 11.5 Å². The van der Waals surface area contributed by atoms with Gasteiger partial charge in [0.1, 0.15) is 12.3 Å². The summed E-state index contributed by atoms with van der Waals surface area (Å²) in [7, 11) is 1.55. The summed E-state index contributed by atoms with van der Waals surface area (Å²) in [5.74, 6) is 0.875. The number of thiocarbonyl (C=S) groups is 1. The minimum absolute atomic E-state index is 0.262. The number of hydrogen-bond acceptors (Lipinski definition) is 4. The summed E-state index contributed by atoms with van der Waals surface area (Å²) in [6.07, 6.45) is 3.33. The van der Waals surface area contributed by atoms with Crippen LogP contribution in [0.1, 0.15) is 5.56 Å². The predicted molar refractivity (Wildman–Crippen MR) is 88.2 cm³/mol. The molecule has 21 heavy (non-hydrogen) atoms. The maximum Gasteiger partial charge on any atom is 0.273 e. The van der Waals surface area contributed by atoms with Crippen molar-refractivity contribution < 1.29 is 14.3 Å². The Kier molecular flexibility index (Phi) is 4.98. The van der Waals surface area contributed by atoms with Gasteiger partial charge in [0.15, 0.2) is 16.6 Å². The highest BCUT2D eigenvalue weighted by atomic mass is 79.9. The van der Waals surface area contributed by atoms with Crippen LogP contribution in [-0.4, -0.2) is 24.7 Å². The number of methoxy groups -OCH3 is 1. The Morgan fingerprint density at radius 1 is 1.43 bits per heavy atom. The summed E-state index contributed by atoms with van der Waals surface area (Å²) >= 11 is 8.32. The molecule has 0 radical (unpaired) electrons. The van der Waals surface area contributed by atoms with Crippen molar-refractivity contribution >= 4 is 45.2 Å². The average Bonchev–Trinajstić information content (AvgIpc) is 2.75. The van der Waals surface area contributed by atoms with Crippen molar-refractivity contribution in [1.82, 2.24) is 10.6 Å². The molecule has 0 spiro atoms. The van der Waals surface area contributed by atoms with Gasteiger partial charge in [-0.1, -0.05) is 12.7 Å². The number of carbonyl (C=O) groups is 1. The number of halogens is 1. The Morgan fingerprint density at radius 2 is 2.19 bits per heavy atom. The number of benzene rings is 1. The Bertz CT molecular complexity index is 643. The highest BCUT2D eigenvalue weighted by Crippen LogP contribution is 2.37. The SMILES string of the molecule is C=CCOc1c(Br)cc(/C=C2\NC(=S)NC2=O)cc1OC. The lowest BCUT2D eigenvalue weighted by atomic mass is 10.1. The van der Waals surface area contributed by atoms with Crippen molar-refractivity contribution in [1.29, 1.82) is 0 Å². The first-order valence-corrected chi connectivity index (χ1v) is 7.20. The van der Waals surface area contributed by atoms with Crippen LogP contribution < -0.4 is 20.1 Å². The summed E-state index contributed by atoms with van der Waals surface area (Å²) in [6, 6.07) is 3.59. The van der Waals surface area contributed by atoms with Crippen molar-refractivity contribution in [2.75, 3.05) is 13.7 Å². The zero-order chi connectivity index (χ0) is 15.4. The van der Waals surface area contributed by atoms with Crippen LogP contribution in [0.2, 0.25) is 0 Å². The molecule has 1 saturated heterocycles. The van der Waals surface area contributed by atoms with E-state index in [9.17, 15) is 4.79 Å². The molecule has 1 heterocycles. The van der Waals surface area contributed by atoms with E-state index in [-0.39, 0.29) is 5.91 Å². The molecule has 7 heteroatoms. The summed E-state index contributed by atoms with van der Waals surface area (Å²) < 4.78 is 11.6. The van der Waals surface area contributed by atoms with E-state index in [1.54, 1.807) is 25.3 Å². The topological polar surface area (TPSA) is 59.6 Å². The number of ether oxygens (including phenoxy) is 2. The molecule has 2 rings (SSSR count). The van der Waals surface area contributed by atoms with Crippen LogP contribution >= 0.6 is 28.1 Å². The molecule has 0 atom stereocenters. The minimum Gasteiger partial charge on any atom is -0.493 e. The van der Waals surface area contributed by atoms with Gasteiger partial charge in [0.2, 0.25) is 0 Å². The Morgan fingerprint density at radius 3 is 2.76 bits per heavy atom. The van der Waals surface area contributed by atoms with E-state index in [2.05, 4.69) is 33.1 Å². The molecule has 1 aromatic rings. The first-order valence-electron chi connectivity index (χ1n) is 6.00. The third kappa shape index (κ3) is 3.62. The van der Waals surface area contributed by atoms with Gasteiger partial charge in [-0.3, -0.25) is 10.1 Å². The molecule has 1 fully saturated rings. The van der Waals surface area contributed by atoms with Crippen LogP contribution in [0.3, 0.4) is 0 Å². The first-order chi connectivity index (χ1) is 10.0. The molecule has 2 N–H and O–H groups in total. The molecule has 0 aromatic heterocycles. The van der Waals surface area contributed by atoms with Crippen LogP contribution in [0.15, 0.2) is 35.0 Å². The molecule has 0 saturated carbocycles. The van der Waals surface area contributed by atoms with Gasteiger partial charge >= 0.3 is 0 Å². The standard InChI is InChI=1S/C14H13BrN2O3S/c1-3-4-20-12-9(15)5-8(7-11(12)19-2)6-10-13(18)17-14(21)16-10/h3,5-7H,1,4H2,2H3,(H2,16,17,18,21)/b10-6-. The molecule has 1 aliphatic rings. The third-order valence-electron chi connectivity index (χ3n) is 2.63. The maximum absolute atomic E-state index is 11.6. The van der Waals surface area contributed by atoms with Crippen LogP contribution in [0.5, 0.6) is 11.5 Å². The molecule has 1 amide bonds. The molecule has 5 nitrogen and oxygen atoms in total. The van der Waals surface area contributed by atoms with Gasteiger partial charge in [-0.2, -0.15) is 0 Å². The lowest BCUT2D eigenvalue weighted by Gasteiger charge is -2.12. The number of hydrogen-bond donors (Lipinski definition) is 2. The van der Waals surface area contributed by atoms with Crippen molar-refractivity contribution in [2.24, 2.45) is 0 Å². The fourth-order valence-corrected chi connectivity index (χ4v) is 2.53. The largest absolute Gasteiger partial charge is 0.493 e. The molecule has 1 aromatic carbocycles. The van der Waals surface area contributed by atoms with Gasteiger partial charge in [0.25, 0.3) is 5.91 Å². The Balaban J connectivity index is 2.36.